The quantitative estimate of drug-likeness (QED) is 0.479. The number of carbonyl (C=O) groups is 2. The van der Waals surface area contributed by atoms with E-state index in [0.29, 0.717) is 28.5 Å². The van der Waals surface area contributed by atoms with E-state index in [2.05, 4.69) is 9.97 Å². The van der Waals surface area contributed by atoms with Crippen molar-refractivity contribution in [1.82, 2.24) is 9.97 Å². The first-order valence-corrected chi connectivity index (χ1v) is 7.43. The lowest BCUT2D eigenvalue weighted by Crippen LogP contribution is -2.00. The van der Waals surface area contributed by atoms with E-state index in [4.69, 9.17) is 9.15 Å². The summed E-state index contributed by atoms with van der Waals surface area (Å²) in [4.78, 5) is 32.4. The number of cyclic esters (lactones) is 2. The summed E-state index contributed by atoms with van der Waals surface area (Å²) < 4.78 is 10.5. The van der Waals surface area contributed by atoms with Gasteiger partial charge in [0.2, 0.25) is 5.89 Å². The first kappa shape index (κ1) is 15.9. The maximum absolute atomic E-state index is 12.1. The number of hydrogen-bond donors (Lipinski definition) is 0. The summed E-state index contributed by atoms with van der Waals surface area (Å²) in [5, 5.41) is 0. The zero-order valence-electron chi connectivity index (χ0n) is 13.8. The van der Waals surface area contributed by atoms with Gasteiger partial charge in [0.1, 0.15) is 11.5 Å². The molecule has 1 fully saturated rings. The molecule has 0 bridgehead atoms. The molecule has 0 unspecified atom stereocenters. The fraction of sp³-hybridized carbons (Fsp3) is 0.222. The Bertz CT molecular complexity index is 900. The molecule has 6 nitrogen and oxygen atoms in total. The number of pyridine rings is 1. The molecule has 3 rings (SSSR count). The predicted molar refractivity (Wildman–Crippen MR) is 86.5 cm³/mol. The van der Waals surface area contributed by atoms with E-state index < -0.39 is 11.9 Å². The zero-order valence-corrected chi connectivity index (χ0v) is 13.8. The second kappa shape index (κ2) is 5.88. The monoisotopic (exact) mass is 324 g/mol. The van der Waals surface area contributed by atoms with Crippen LogP contribution in [0.3, 0.4) is 0 Å². The first-order valence-electron chi connectivity index (χ1n) is 7.43. The van der Waals surface area contributed by atoms with Crippen LogP contribution >= 0.6 is 0 Å². The van der Waals surface area contributed by atoms with Crippen LogP contribution < -0.4 is 0 Å². The Labute approximate surface area is 138 Å². The Morgan fingerprint density at radius 2 is 1.62 bits per heavy atom. The van der Waals surface area contributed by atoms with Crippen LogP contribution in [0.1, 0.15) is 32.2 Å². The van der Waals surface area contributed by atoms with Crippen LogP contribution in [0.25, 0.3) is 17.0 Å². The van der Waals surface area contributed by atoms with E-state index in [1.165, 1.54) is 0 Å². The molecule has 0 amide bonds. The molecule has 3 heterocycles. The predicted octanol–water partition coefficient (Wildman–Crippen LogP) is 3.24. The molecule has 0 spiro atoms. The average molecular weight is 324 g/mol. The number of ether oxygens (including phenoxy) is 1. The number of aromatic nitrogens is 2. The lowest BCUT2D eigenvalue weighted by atomic mass is 9.97. The van der Waals surface area contributed by atoms with Crippen LogP contribution in [-0.2, 0) is 14.3 Å². The van der Waals surface area contributed by atoms with Crippen LogP contribution in [0.15, 0.2) is 45.7 Å². The minimum absolute atomic E-state index is 0.248. The molecule has 0 atom stereocenters. The van der Waals surface area contributed by atoms with E-state index in [1.807, 2.05) is 0 Å². The van der Waals surface area contributed by atoms with Crippen molar-refractivity contribution in [3.05, 3.63) is 52.7 Å². The fourth-order valence-corrected chi connectivity index (χ4v) is 2.67. The normalized spacial score (nSPS) is 16.4. The number of esters is 2. The van der Waals surface area contributed by atoms with Crippen molar-refractivity contribution in [3.8, 4) is 11.5 Å². The number of rotatable bonds is 2. The molecule has 2 aromatic heterocycles. The van der Waals surface area contributed by atoms with Gasteiger partial charge < -0.3 is 9.15 Å². The van der Waals surface area contributed by atoms with Gasteiger partial charge in [-0.05, 0) is 45.4 Å². The molecule has 0 aromatic carbocycles. The van der Waals surface area contributed by atoms with Gasteiger partial charge in [0.05, 0.1) is 11.1 Å². The van der Waals surface area contributed by atoms with Gasteiger partial charge in [0.15, 0.2) is 0 Å². The van der Waals surface area contributed by atoms with E-state index in [-0.39, 0.29) is 5.57 Å². The Hall–Kier alpha value is -3.02. The molecular formula is C18H16N2O4. The van der Waals surface area contributed by atoms with Crippen molar-refractivity contribution in [3.63, 3.8) is 0 Å². The van der Waals surface area contributed by atoms with Gasteiger partial charge in [-0.15, -0.1) is 0 Å². The summed E-state index contributed by atoms with van der Waals surface area (Å²) >= 11 is 0. The van der Waals surface area contributed by atoms with Crippen molar-refractivity contribution in [1.29, 1.82) is 0 Å². The summed E-state index contributed by atoms with van der Waals surface area (Å²) in [6.07, 6.45) is 3.29. The summed E-state index contributed by atoms with van der Waals surface area (Å²) in [6, 6.07) is 3.57. The van der Waals surface area contributed by atoms with E-state index in [0.717, 1.165) is 11.1 Å². The third-order valence-corrected chi connectivity index (χ3v) is 3.80. The summed E-state index contributed by atoms with van der Waals surface area (Å²) in [7, 11) is 0. The molecule has 2 aromatic rings. The third-order valence-electron chi connectivity index (χ3n) is 3.80. The van der Waals surface area contributed by atoms with E-state index >= 15 is 0 Å². The molecule has 0 saturated carbocycles. The van der Waals surface area contributed by atoms with Crippen LogP contribution in [0, 0.1) is 6.92 Å². The summed E-state index contributed by atoms with van der Waals surface area (Å²) in [5.74, 6) is -0.278. The van der Waals surface area contributed by atoms with Gasteiger partial charge in [0.25, 0.3) is 0 Å². The molecule has 122 valence electrons. The van der Waals surface area contributed by atoms with Crippen molar-refractivity contribution in [2.75, 3.05) is 0 Å². The molecule has 0 radical (unpaired) electrons. The topological polar surface area (TPSA) is 82.3 Å². The number of hydrogen-bond acceptors (Lipinski definition) is 6. The van der Waals surface area contributed by atoms with E-state index in [1.54, 1.807) is 52.2 Å². The average Bonchev–Trinajstić information content (AvgIpc) is 3.07. The number of aryl methyl sites for hydroxylation is 1. The standard InChI is InChI=1S/C18H16N2O4/c1-9(2)13-14(18(22)24-17(13)21)10(3)15-11(4)23-16(20-15)12-5-7-19-8-6-12/h5-8H,1-4H3/b14-10+. The van der Waals surface area contributed by atoms with Crippen LogP contribution in [0.5, 0.6) is 0 Å². The Morgan fingerprint density at radius 1 is 1.00 bits per heavy atom. The second-order valence-corrected chi connectivity index (χ2v) is 5.71. The summed E-state index contributed by atoms with van der Waals surface area (Å²) in [6.45, 7) is 7.03. The SMILES string of the molecule is CC(C)=C1C(=O)OC(=O)/C1=C(\C)c1nc(-c2ccncc2)oc1C. The molecule has 0 N–H and O–H groups in total. The fourth-order valence-electron chi connectivity index (χ4n) is 2.67. The first-order chi connectivity index (χ1) is 11.4. The zero-order chi connectivity index (χ0) is 17.4. The van der Waals surface area contributed by atoms with Crippen molar-refractivity contribution < 1.29 is 18.7 Å². The number of oxazole rings is 1. The third kappa shape index (κ3) is 2.56. The molecular weight excluding hydrogens is 308 g/mol. The maximum Gasteiger partial charge on any atom is 0.347 e. The Balaban J connectivity index is 2.15. The molecule has 1 aliphatic heterocycles. The van der Waals surface area contributed by atoms with Gasteiger partial charge >= 0.3 is 11.9 Å². The van der Waals surface area contributed by atoms with Crippen LogP contribution in [0.2, 0.25) is 0 Å². The van der Waals surface area contributed by atoms with E-state index in [9.17, 15) is 9.59 Å². The lowest BCUT2D eigenvalue weighted by molar-refractivity contribution is -0.149. The lowest BCUT2D eigenvalue weighted by Gasteiger charge is -2.03. The van der Waals surface area contributed by atoms with Gasteiger partial charge in [-0.2, -0.15) is 0 Å². The number of carbonyl (C=O) groups excluding carboxylic acids is 2. The molecule has 6 heteroatoms. The second-order valence-electron chi connectivity index (χ2n) is 5.71. The largest absolute Gasteiger partial charge is 0.441 e. The molecule has 0 aliphatic carbocycles. The van der Waals surface area contributed by atoms with Gasteiger partial charge in [-0.3, -0.25) is 4.98 Å². The van der Waals surface area contributed by atoms with Crippen LogP contribution in [0.4, 0.5) is 0 Å². The molecule has 1 saturated heterocycles. The minimum atomic E-state index is -0.651. The highest BCUT2D eigenvalue weighted by Gasteiger charge is 2.37. The Morgan fingerprint density at radius 3 is 2.25 bits per heavy atom. The summed E-state index contributed by atoms with van der Waals surface area (Å²) in [5.41, 5.74) is 3.13. The van der Waals surface area contributed by atoms with Crippen molar-refractivity contribution in [2.45, 2.75) is 27.7 Å². The number of allylic oxidation sites excluding steroid dienone is 2. The smallest absolute Gasteiger partial charge is 0.347 e. The van der Waals surface area contributed by atoms with Gasteiger partial charge in [-0.25, -0.2) is 14.6 Å². The van der Waals surface area contributed by atoms with Crippen molar-refractivity contribution >= 4 is 17.5 Å². The Kier molecular flexibility index (Phi) is 3.89. The highest BCUT2D eigenvalue weighted by atomic mass is 16.6. The van der Waals surface area contributed by atoms with Crippen LogP contribution in [-0.4, -0.2) is 21.9 Å². The highest BCUT2D eigenvalue weighted by Crippen LogP contribution is 2.34. The molecule has 1 aliphatic rings. The van der Waals surface area contributed by atoms with Crippen molar-refractivity contribution in [2.24, 2.45) is 0 Å². The van der Waals surface area contributed by atoms with Gasteiger partial charge in [-0.1, -0.05) is 5.57 Å². The minimum Gasteiger partial charge on any atom is -0.441 e. The molecule has 24 heavy (non-hydrogen) atoms. The highest BCUT2D eigenvalue weighted by molar-refractivity contribution is 6.22. The van der Waals surface area contributed by atoms with Gasteiger partial charge in [0, 0.05) is 18.0 Å². The number of nitrogens with zero attached hydrogens (tertiary/aromatic N) is 2. The maximum atomic E-state index is 12.1.